The molecule has 1 aliphatic heterocycles. The minimum atomic E-state index is -0.396. The van der Waals surface area contributed by atoms with Crippen LogP contribution in [-0.2, 0) is 0 Å². The fourth-order valence-electron chi connectivity index (χ4n) is 3.34. The van der Waals surface area contributed by atoms with Crippen LogP contribution in [0.2, 0.25) is 0 Å². The van der Waals surface area contributed by atoms with Gasteiger partial charge in [0.05, 0.1) is 22.0 Å². The molecule has 1 aromatic carbocycles. The second-order valence-corrected chi connectivity index (χ2v) is 6.08. The molecule has 2 aromatic heterocycles. The molecule has 0 unspecified atom stereocenters. The minimum absolute atomic E-state index is 0.0539. The minimum Gasteiger partial charge on any atom is -0.346 e. The second kappa shape index (κ2) is 5.59. The Morgan fingerprint density at radius 2 is 2.21 bits per heavy atom. The van der Waals surface area contributed by atoms with E-state index < -0.39 is 4.92 Å². The normalized spacial score (nSPS) is 17.5. The summed E-state index contributed by atoms with van der Waals surface area (Å²) in [7, 11) is 0. The van der Waals surface area contributed by atoms with Gasteiger partial charge in [-0.25, -0.2) is 9.97 Å². The Bertz CT molecular complexity index is 887. The molecule has 24 heavy (non-hydrogen) atoms. The lowest BCUT2D eigenvalue weighted by Gasteiger charge is -2.24. The molecule has 3 aromatic rings. The number of pyridine rings is 1. The second-order valence-electron chi connectivity index (χ2n) is 6.08. The first-order chi connectivity index (χ1) is 11.6. The molecule has 0 radical (unpaired) electrons. The average Bonchev–Trinajstić information content (AvgIpc) is 3.20. The molecule has 0 amide bonds. The van der Waals surface area contributed by atoms with E-state index in [-0.39, 0.29) is 11.7 Å². The average molecular weight is 323 g/mol. The smallest absolute Gasteiger partial charge is 0.290 e. The van der Waals surface area contributed by atoms with Crippen molar-refractivity contribution in [3.05, 3.63) is 58.0 Å². The standard InChI is InChI=1S/C17H17N5O2/c1-11-9-16(18-10-15(11)22(23)24)21-8-4-7-14(21)17-19-12-5-2-3-6-13(12)20-17/h2-3,5-6,9-10,14H,4,7-8H2,1H3,(H,19,20)/t14-/m1/s1. The van der Waals surface area contributed by atoms with E-state index in [2.05, 4.69) is 14.9 Å². The molecular weight excluding hydrogens is 306 g/mol. The summed E-state index contributed by atoms with van der Waals surface area (Å²) in [6.45, 7) is 2.61. The lowest BCUT2D eigenvalue weighted by atomic mass is 10.2. The SMILES string of the molecule is Cc1cc(N2CCC[C@@H]2c2nc3ccccc3[nH]2)ncc1[N+](=O)[O-]. The van der Waals surface area contributed by atoms with Gasteiger partial charge >= 0.3 is 0 Å². The molecule has 4 rings (SSSR count). The van der Waals surface area contributed by atoms with E-state index in [0.29, 0.717) is 5.56 Å². The molecular formula is C17H17N5O2. The number of benzene rings is 1. The van der Waals surface area contributed by atoms with Crippen molar-refractivity contribution in [2.24, 2.45) is 0 Å². The molecule has 3 heterocycles. The van der Waals surface area contributed by atoms with E-state index in [0.717, 1.165) is 42.1 Å². The van der Waals surface area contributed by atoms with Crippen LogP contribution in [0.15, 0.2) is 36.5 Å². The molecule has 0 bridgehead atoms. The van der Waals surface area contributed by atoms with Crippen LogP contribution in [-0.4, -0.2) is 26.4 Å². The Kier molecular flexibility index (Phi) is 3.41. The van der Waals surface area contributed by atoms with E-state index in [1.807, 2.05) is 24.3 Å². The molecule has 1 N–H and O–H groups in total. The summed E-state index contributed by atoms with van der Waals surface area (Å²) in [4.78, 5) is 25.2. The first-order valence-electron chi connectivity index (χ1n) is 7.96. The first kappa shape index (κ1) is 14.6. The van der Waals surface area contributed by atoms with E-state index >= 15 is 0 Å². The van der Waals surface area contributed by atoms with Crippen LogP contribution in [0, 0.1) is 17.0 Å². The molecule has 122 valence electrons. The van der Waals surface area contributed by atoms with Gasteiger partial charge in [0.1, 0.15) is 17.8 Å². The summed E-state index contributed by atoms with van der Waals surface area (Å²) in [5.74, 6) is 1.69. The lowest BCUT2D eigenvalue weighted by molar-refractivity contribution is -0.385. The van der Waals surface area contributed by atoms with Crippen molar-refractivity contribution >= 4 is 22.5 Å². The van der Waals surface area contributed by atoms with Gasteiger partial charge in [0.15, 0.2) is 0 Å². The van der Waals surface area contributed by atoms with Gasteiger partial charge in [0, 0.05) is 12.1 Å². The highest BCUT2D eigenvalue weighted by molar-refractivity contribution is 5.75. The number of H-pyrrole nitrogens is 1. The Balaban J connectivity index is 1.70. The van der Waals surface area contributed by atoms with Gasteiger partial charge < -0.3 is 9.88 Å². The summed E-state index contributed by atoms with van der Waals surface area (Å²) in [6.07, 6.45) is 3.37. The van der Waals surface area contributed by atoms with Crippen molar-refractivity contribution in [2.75, 3.05) is 11.4 Å². The van der Waals surface area contributed by atoms with Gasteiger partial charge in [-0.2, -0.15) is 0 Å². The predicted octanol–water partition coefficient (Wildman–Crippen LogP) is 3.52. The van der Waals surface area contributed by atoms with Crippen LogP contribution < -0.4 is 4.90 Å². The van der Waals surface area contributed by atoms with Crippen molar-refractivity contribution in [1.29, 1.82) is 0 Å². The van der Waals surface area contributed by atoms with Crippen molar-refractivity contribution in [3.63, 3.8) is 0 Å². The lowest BCUT2D eigenvalue weighted by Crippen LogP contribution is -2.24. The Labute approximate surface area is 138 Å². The van der Waals surface area contributed by atoms with Crippen molar-refractivity contribution < 1.29 is 4.92 Å². The van der Waals surface area contributed by atoms with E-state index in [1.54, 1.807) is 13.0 Å². The van der Waals surface area contributed by atoms with Crippen molar-refractivity contribution in [2.45, 2.75) is 25.8 Å². The highest BCUT2D eigenvalue weighted by Crippen LogP contribution is 2.35. The summed E-state index contributed by atoms with van der Waals surface area (Å²) in [5.41, 5.74) is 2.65. The number of rotatable bonds is 3. The van der Waals surface area contributed by atoms with Gasteiger partial charge in [-0.05, 0) is 38.0 Å². The maximum Gasteiger partial charge on any atom is 0.290 e. The van der Waals surface area contributed by atoms with Gasteiger partial charge in [-0.3, -0.25) is 10.1 Å². The molecule has 1 atom stereocenters. The topological polar surface area (TPSA) is 88.0 Å². The van der Waals surface area contributed by atoms with Crippen LogP contribution in [0.5, 0.6) is 0 Å². The quantitative estimate of drug-likeness (QED) is 0.588. The summed E-state index contributed by atoms with van der Waals surface area (Å²) < 4.78 is 0. The van der Waals surface area contributed by atoms with Crippen LogP contribution >= 0.6 is 0 Å². The highest BCUT2D eigenvalue weighted by atomic mass is 16.6. The highest BCUT2D eigenvalue weighted by Gasteiger charge is 2.30. The largest absolute Gasteiger partial charge is 0.346 e. The monoisotopic (exact) mass is 323 g/mol. The van der Waals surface area contributed by atoms with Crippen LogP contribution in [0.3, 0.4) is 0 Å². The predicted molar refractivity (Wildman–Crippen MR) is 91.0 cm³/mol. The third-order valence-corrected chi connectivity index (χ3v) is 4.54. The fraction of sp³-hybridized carbons (Fsp3) is 0.294. The zero-order chi connectivity index (χ0) is 16.7. The number of fused-ring (bicyclic) bond motifs is 1. The molecule has 7 heteroatoms. The fourth-order valence-corrected chi connectivity index (χ4v) is 3.34. The van der Waals surface area contributed by atoms with Crippen LogP contribution in [0.4, 0.5) is 11.5 Å². The van der Waals surface area contributed by atoms with Crippen molar-refractivity contribution in [1.82, 2.24) is 15.0 Å². The zero-order valence-corrected chi connectivity index (χ0v) is 13.3. The Morgan fingerprint density at radius 1 is 1.38 bits per heavy atom. The number of imidazole rings is 1. The van der Waals surface area contributed by atoms with Gasteiger partial charge in [0.25, 0.3) is 5.69 Å². The third-order valence-electron chi connectivity index (χ3n) is 4.54. The van der Waals surface area contributed by atoms with Crippen molar-refractivity contribution in [3.8, 4) is 0 Å². The van der Waals surface area contributed by atoms with Crippen LogP contribution in [0.1, 0.15) is 30.3 Å². The number of nitro groups is 1. The molecule has 0 aliphatic carbocycles. The Hall–Kier alpha value is -2.96. The van der Waals surface area contributed by atoms with Gasteiger partial charge in [-0.15, -0.1) is 0 Å². The number of nitrogens with one attached hydrogen (secondary N) is 1. The Morgan fingerprint density at radius 3 is 2.96 bits per heavy atom. The molecule has 7 nitrogen and oxygen atoms in total. The summed E-state index contributed by atoms with van der Waals surface area (Å²) >= 11 is 0. The summed E-state index contributed by atoms with van der Waals surface area (Å²) in [5, 5.41) is 11.0. The summed E-state index contributed by atoms with van der Waals surface area (Å²) in [6, 6.07) is 9.87. The number of aromatic amines is 1. The van der Waals surface area contributed by atoms with Gasteiger partial charge in [0.2, 0.25) is 0 Å². The number of anilines is 1. The molecule has 1 saturated heterocycles. The zero-order valence-electron chi connectivity index (χ0n) is 13.3. The first-order valence-corrected chi connectivity index (χ1v) is 7.96. The number of para-hydroxylation sites is 2. The maximum atomic E-state index is 11.0. The number of hydrogen-bond acceptors (Lipinski definition) is 5. The number of nitrogens with zero attached hydrogens (tertiary/aromatic N) is 4. The molecule has 1 fully saturated rings. The van der Waals surface area contributed by atoms with Gasteiger partial charge in [-0.1, -0.05) is 12.1 Å². The van der Waals surface area contributed by atoms with E-state index in [9.17, 15) is 10.1 Å². The number of aromatic nitrogens is 3. The van der Waals surface area contributed by atoms with E-state index in [4.69, 9.17) is 4.98 Å². The molecule has 0 spiro atoms. The van der Waals surface area contributed by atoms with Crippen LogP contribution in [0.25, 0.3) is 11.0 Å². The number of aryl methyl sites for hydroxylation is 1. The maximum absolute atomic E-state index is 11.0. The number of hydrogen-bond donors (Lipinski definition) is 1. The molecule has 0 saturated carbocycles. The third kappa shape index (κ3) is 2.38. The molecule has 1 aliphatic rings. The van der Waals surface area contributed by atoms with E-state index in [1.165, 1.54) is 6.20 Å².